The highest BCUT2D eigenvalue weighted by Crippen LogP contribution is 2.20. The van der Waals surface area contributed by atoms with E-state index in [-0.39, 0.29) is 11.8 Å². The number of anilines is 1. The van der Waals surface area contributed by atoms with Crippen molar-refractivity contribution >= 4 is 27.5 Å². The lowest BCUT2D eigenvalue weighted by atomic mass is 10.1. The van der Waals surface area contributed by atoms with E-state index in [0.717, 1.165) is 4.47 Å². The van der Waals surface area contributed by atoms with Gasteiger partial charge in [0, 0.05) is 11.0 Å². The Hall–Kier alpha value is -1.54. The second kappa shape index (κ2) is 5.52. The first kappa shape index (κ1) is 12.5. The molecule has 0 fully saturated rings. The molecule has 84 valence electrons. The van der Waals surface area contributed by atoms with Crippen molar-refractivity contribution in [3.8, 4) is 6.07 Å². The smallest absolute Gasteiger partial charge is 0.222 e. The maximum Gasteiger partial charge on any atom is 0.222 e. The Morgan fingerprint density at radius 3 is 2.94 bits per heavy atom. The van der Waals surface area contributed by atoms with E-state index < -0.39 is 0 Å². The van der Waals surface area contributed by atoms with Crippen LogP contribution >= 0.6 is 15.9 Å². The monoisotopic (exact) mass is 281 g/mol. The molecule has 1 atom stereocenters. The summed E-state index contributed by atoms with van der Waals surface area (Å²) in [6, 6.07) is 7.38. The van der Waals surface area contributed by atoms with Gasteiger partial charge in [-0.1, -0.05) is 22.9 Å². The Morgan fingerprint density at radius 2 is 2.38 bits per heavy atom. The number of primary amides is 1. The zero-order chi connectivity index (χ0) is 12.1. The van der Waals surface area contributed by atoms with E-state index in [9.17, 15) is 4.79 Å². The van der Waals surface area contributed by atoms with Gasteiger partial charge in [0.1, 0.15) is 6.07 Å². The lowest BCUT2D eigenvalue weighted by Gasteiger charge is -2.11. The van der Waals surface area contributed by atoms with Crippen molar-refractivity contribution in [1.82, 2.24) is 0 Å². The van der Waals surface area contributed by atoms with Crippen molar-refractivity contribution in [2.75, 3.05) is 11.9 Å². The van der Waals surface area contributed by atoms with Crippen molar-refractivity contribution in [2.45, 2.75) is 6.92 Å². The molecule has 0 aliphatic heterocycles. The number of amides is 1. The molecule has 1 rings (SSSR count). The highest BCUT2D eigenvalue weighted by atomic mass is 79.9. The SMILES string of the molecule is CC(CNc1cc(Br)ccc1C#N)C(N)=O. The number of rotatable bonds is 4. The molecule has 0 aromatic heterocycles. The molecule has 0 saturated heterocycles. The molecule has 16 heavy (non-hydrogen) atoms. The Labute approximate surface area is 103 Å². The van der Waals surface area contributed by atoms with Crippen LogP contribution in [-0.4, -0.2) is 12.5 Å². The van der Waals surface area contributed by atoms with E-state index in [1.54, 1.807) is 25.1 Å². The maximum absolute atomic E-state index is 10.8. The van der Waals surface area contributed by atoms with Gasteiger partial charge in [0.2, 0.25) is 5.91 Å². The quantitative estimate of drug-likeness (QED) is 0.884. The van der Waals surface area contributed by atoms with Crippen molar-refractivity contribution in [1.29, 1.82) is 5.26 Å². The number of carbonyl (C=O) groups excluding carboxylic acids is 1. The van der Waals surface area contributed by atoms with Crippen LogP contribution in [0.25, 0.3) is 0 Å². The summed E-state index contributed by atoms with van der Waals surface area (Å²) in [5, 5.41) is 11.9. The molecular formula is C11H12BrN3O. The number of nitrogens with two attached hydrogens (primary N) is 1. The lowest BCUT2D eigenvalue weighted by Crippen LogP contribution is -2.26. The van der Waals surface area contributed by atoms with E-state index in [0.29, 0.717) is 17.8 Å². The van der Waals surface area contributed by atoms with Crippen LogP contribution in [0.15, 0.2) is 22.7 Å². The largest absolute Gasteiger partial charge is 0.383 e. The molecule has 0 aliphatic carbocycles. The van der Waals surface area contributed by atoms with E-state index in [1.807, 2.05) is 0 Å². The van der Waals surface area contributed by atoms with Gasteiger partial charge in [-0.25, -0.2) is 0 Å². The Morgan fingerprint density at radius 1 is 1.69 bits per heavy atom. The fourth-order valence-electron chi connectivity index (χ4n) is 1.12. The van der Waals surface area contributed by atoms with Gasteiger partial charge in [-0.15, -0.1) is 0 Å². The minimum Gasteiger partial charge on any atom is -0.383 e. The van der Waals surface area contributed by atoms with Crippen molar-refractivity contribution in [2.24, 2.45) is 11.7 Å². The minimum absolute atomic E-state index is 0.273. The first-order valence-electron chi connectivity index (χ1n) is 4.77. The first-order valence-corrected chi connectivity index (χ1v) is 5.56. The van der Waals surface area contributed by atoms with E-state index in [4.69, 9.17) is 11.0 Å². The topological polar surface area (TPSA) is 78.9 Å². The number of nitrogens with one attached hydrogen (secondary N) is 1. The van der Waals surface area contributed by atoms with Crippen LogP contribution < -0.4 is 11.1 Å². The number of nitrogens with zero attached hydrogens (tertiary/aromatic N) is 1. The molecule has 3 N–H and O–H groups in total. The normalized spacial score (nSPS) is 11.6. The third kappa shape index (κ3) is 3.24. The van der Waals surface area contributed by atoms with Gasteiger partial charge in [-0.2, -0.15) is 5.26 Å². The second-order valence-corrected chi connectivity index (χ2v) is 4.40. The fraction of sp³-hybridized carbons (Fsp3) is 0.273. The average Bonchev–Trinajstić information content (AvgIpc) is 2.25. The lowest BCUT2D eigenvalue weighted by molar-refractivity contribution is -0.120. The minimum atomic E-state index is -0.360. The summed E-state index contributed by atoms with van der Waals surface area (Å²) in [5.41, 5.74) is 6.39. The number of benzene rings is 1. The van der Waals surface area contributed by atoms with Crippen LogP contribution in [0.3, 0.4) is 0 Å². The predicted molar refractivity (Wildman–Crippen MR) is 65.7 cm³/mol. The number of nitriles is 1. The molecule has 0 heterocycles. The number of carbonyl (C=O) groups is 1. The first-order chi connectivity index (χ1) is 7.54. The van der Waals surface area contributed by atoms with Gasteiger partial charge in [0.05, 0.1) is 17.2 Å². The van der Waals surface area contributed by atoms with Crippen LogP contribution in [0.5, 0.6) is 0 Å². The summed E-state index contributed by atoms with van der Waals surface area (Å²) in [4.78, 5) is 10.8. The Bertz CT molecular complexity index is 439. The third-order valence-corrected chi connectivity index (χ3v) is 2.68. The average molecular weight is 282 g/mol. The number of hydrogen-bond acceptors (Lipinski definition) is 3. The summed E-state index contributed by atoms with van der Waals surface area (Å²) in [7, 11) is 0. The molecule has 0 aliphatic rings. The van der Waals surface area contributed by atoms with Crippen molar-refractivity contribution < 1.29 is 4.79 Å². The van der Waals surface area contributed by atoms with Crippen molar-refractivity contribution in [3.05, 3.63) is 28.2 Å². The van der Waals surface area contributed by atoms with Crippen LogP contribution in [0.2, 0.25) is 0 Å². The molecule has 4 nitrogen and oxygen atoms in total. The summed E-state index contributed by atoms with van der Waals surface area (Å²) in [5.74, 6) is -0.633. The summed E-state index contributed by atoms with van der Waals surface area (Å²) in [6.07, 6.45) is 0. The second-order valence-electron chi connectivity index (χ2n) is 3.49. The maximum atomic E-state index is 10.8. The Balaban J connectivity index is 2.77. The molecule has 5 heteroatoms. The molecular weight excluding hydrogens is 270 g/mol. The molecule has 0 radical (unpaired) electrons. The standard InChI is InChI=1S/C11H12BrN3O/c1-7(11(14)16)6-15-10-4-9(12)3-2-8(10)5-13/h2-4,7,15H,6H2,1H3,(H2,14,16). The highest BCUT2D eigenvalue weighted by molar-refractivity contribution is 9.10. The molecule has 0 spiro atoms. The molecule has 1 amide bonds. The van der Waals surface area contributed by atoms with Gasteiger partial charge >= 0.3 is 0 Å². The van der Waals surface area contributed by atoms with Crippen LogP contribution in [0.4, 0.5) is 5.69 Å². The van der Waals surface area contributed by atoms with Gasteiger partial charge in [-0.05, 0) is 18.2 Å². The van der Waals surface area contributed by atoms with Gasteiger partial charge < -0.3 is 11.1 Å². The van der Waals surface area contributed by atoms with E-state index in [1.165, 1.54) is 0 Å². The number of halogens is 1. The van der Waals surface area contributed by atoms with E-state index in [2.05, 4.69) is 27.3 Å². The molecule has 0 bridgehead atoms. The number of hydrogen-bond donors (Lipinski definition) is 2. The molecule has 1 aromatic rings. The summed E-state index contributed by atoms with van der Waals surface area (Å²) >= 11 is 3.32. The third-order valence-electron chi connectivity index (χ3n) is 2.19. The fourth-order valence-corrected chi connectivity index (χ4v) is 1.48. The zero-order valence-corrected chi connectivity index (χ0v) is 10.4. The Kier molecular flexibility index (Phi) is 4.32. The van der Waals surface area contributed by atoms with Gasteiger partial charge in [-0.3, -0.25) is 4.79 Å². The molecule has 0 saturated carbocycles. The van der Waals surface area contributed by atoms with Crippen LogP contribution in [0, 0.1) is 17.2 Å². The zero-order valence-electron chi connectivity index (χ0n) is 8.83. The molecule has 1 unspecified atom stereocenters. The van der Waals surface area contributed by atoms with Crippen LogP contribution in [-0.2, 0) is 4.79 Å². The summed E-state index contributed by atoms with van der Waals surface area (Å²) < 4.78 is 0.876. The predicted octanol–water partition coefficient (Wildman–Crippen LogP) is 1.85. The highest BCUT2D eigenvalue weighted by Gasteiger charge is 2.09. The van der Waals surface area contributed by atoms with Crippen LogP contribution in [0.1, 0.15) is 12.5 Å². The summed E-state index contributed by atoms with van der Waals surface area (Å²) in [6.45, 7) is 2.15. The van der Waals surface area contributed by atoms with Gasteiger partial charge in [0.15, 0.2) is 0 Å². The van der Waals surface area contributed by atoms with E-state index >= 15 is 0 Å². The molecule has 1 aromatic carbocycles. The van der Waals surface area contributed by atoms with Gasteiger partial charge in [0.25, 0.3) is 0 Å². The van der Waals surface area contributed by atoms with Crippen molar-refractivity contribution in [3.63, 3.8) is 0 Å².